The molecule has 0 bridgehead atoms. The Labute approximate surface area is 251 Å². The lowest BCUT2D eigenvalue weighted by Gasteiger charge is -2.37. The van der Waals surface area contributed by atoms with Gasteiger partial charge in [0, 0.05) is 25.2 Å². The fraction of sp³-hybridized carbons (Fsp3) is 0.375. The second-order valence-electron chi connectivity index (χ2n) is 9.67. The van der Waals surface area contributed by atoms with Gasteiger partial charge in [0.2, 0.25) is 11.5 Å². The number of benzene rings is 3. The monoisotopic (exact) mass is 594 g/mol. The highest BCUT2D eigenvalue weighted by Gasteiger charge is 2.28. The summed E-state index contributed by atoms with van der Waals surface area (Å²) in [6.45, 7) is 1.70. The van der Waals surface area contributed by atoms with Crippen molar-refractivity contribution in [3.05, 3.63) is 70.8 Å². The Morgan fingerprint density at radius 3 is 1.84 bits per heavy atom. The first-order chi connectivity index (χ1) is 20.9. The molecule has 0 spiro atoms. The van der Waals surface area contributed by atoms with E-state index in [1.165, 1.54) is 48.2 Å². The quantitative estimate of drug-likeness (QED) is 0.292. The number of rotatable bonds is 13. The lowest BCUT2D eigenvalue weighted by molar-refractivity contribution is 0.0426. The molecule has 1 aliphatic rings. The van der Waals surface area contributed by atoms with Crippen molar-refractivity contribution in [2.75, 3.05) is 68.9 Å². The average Bonchev–Trinajstić information content (AvgIpc) is 3.05. The van der Waals surface area contributed by atoms with Gasteiger partial charge in [-0.2, -0.15) is 0 Å². The lowest BCUT2D eigenvalue weighted by atomic mass is 9.92. The van der Waals surface area contributed by atoms with Crippen molar-refractivity contribution in [1.82, 2.24) is 10.2 Å². The summed E-state index contributed by atoms with van der Waals surface area (Å²) in [7, 11) is 8.99. The van der Waals surface area contributed by atoms with Gasteiger partial charge in [-0.25, -0.2) is 4.79 Å². The molecular formula is C32H38N2O9. The number of hydrogen-bond acceptors (Lipinski definition) is 10. The summed E-state index contributed by atoms with van der Waals surface area (Å²) >= 11 is 0. The van der Waals surface area contributed by atoms with Crippen molar-refractivity contribution in [3.63, 3.8) is 0 Å². The smallest absolute Gasteiger partial charge is 0.338 e. The molecule has 1 aliphatic heterocycles. The van der Waals surface area contributed by atoms with Crippen LogP contribution in [0.3, 0.4) is 0 Å². The number of amides is 1. The summed E-state index contributed by atoms with van der Waals surface area (Å²) in [6.07, 6.45) is 0.842. The number of carbonyl (C=O) groups excluding carboxylic acids is 2. The van der Waals surface area contributed by atoms with Gasteiger partial charge in [-0.3, -0.25) is 9.69 Å². The molecule has 0 fully saturated rings. The molecule has 4 rings (SSSR count). The molecule has 1 N–H and O–H groups in total. The van der Waals surface area contributed by atoms with Crippen LogP contribution in [0.2, 0.25) is 0 Å². The van der Waals surface area contributed by atoms with Crippen LogP contribution in [-0.2, 0) is 11.2 Å². The van der Waals surface area contributed by atoms with Crippen LogP contribution < -0.4 is 33.7 Å². The van der Waals surface area contributed by atoms with Crippen LogP contribution in [0.4, 0.5) is 0 Å². The van der Waals surface area contributed by atoms with E-state index in [1.54, 1.807) is 24.3 Å². The van der Waals surface area contributed by atoms with E-state index < -0.39 is 5.97 Å². The third-order valence-electron chi connectivity index (χ3n) is 7.42. The van der Waals surface area contributed by atoms with Gasteiger partial charge in [-0.15, -0.1) is 0 Å². The molecule has 1 amide bonds. The summed E-state index contributed by atoms with van der Waals surface area (Å²) in [5.74, 6) is 1.53. The van der Waals surface area contributed by atoms with E-state index in [-0.39, 0.29) is 24.1 Å². The van der Waals surface area contributed by atoms with Gasteiger partial charge in [-0.05, 0) is 41.8 Å². The Balaban J connectivity index is 1.47. The van der Waals surface area contributed by atoms with E-state index in [2.05, 4.69) is 22.3 Å². The highest BCUT2D eigenvalue weighted by molar-refractivity contribution is 5.95. The Bertz CT molecular complexity index is 1390. The minimum Gasteiger partial charge on any atom is -0.493 e. The molecule has 11 nitrogen and oxygen atoms in total. The first kappa shape index (κ1) is 31.3. The van der Waals surface area contributed by atoms with Gasteiger partial charge in [0.25, 0.3) is 5.91 Å². The molecule has 3 aromatic carbocycles. The normalized spacial score (nSPS) is 14.2. The van der Waals surface area contributed by atoms with Crippen LogP contribution >= 0.6 is 0 Å². The van der Waals surface area contributed by atoms with E-state index in [9.17, 15) is 9.59 Å². The third-order valence-corrected chi connectivity index (χ3v) is 7.42. The summed E-state index contributed by atoms with van der Waals surface area (Å²) in [4.78, 5) is 28.4. The van der Waals surface area contributed by atoms with Crippen LogP contribution in [0.25, 0.3) is 0 Å². The van der Waals surface area contributed by atoms with Gasteiger partial charge < -0.3 is 38.5 Å². The van der Waals surface area contributed by atoms with Crippen LogP contribution in [0, 0.1) is 0 Å². The Hall–Kier alpha value is -4.64. The molecule has 3 aromatic rings. The van der Waals surface area contributed by atoms with Crippen molar-refractivity contribution in [2.45, 2.75) is 12.5 Å². The largest absolute Gasteiger partial charge is 0.493 e. The number of nitrogens with zero attached hydrogens (tertiary/aromatic N) is 1. The zero-order valence-electron chi connectivity index (χ0n) is 25.4. The standard InChI is InChI=1S/C32H38N2O9/c1-37-25-15-21(16-26(38-2)29(25)41-5)31(35)33-19-24-23-10-8-7-9-20(23)11-12-34(24)13-14-43-32(36)22-17-27(39-3)30(42-6)28(18-22)40-4/h7-10,15-18,24H,11-14,19H2,1-6H3,(H,33,35). The maximum Gasteiger partial charge on any atom is 0.338 e. The van der Waals surface area contributed by atoms with E-state index >= 15 is 0 Å². The number of methoxy groups -OCH3 is 6. The van der Waals surface area contributed by atoms with Gasteiger partial charge in [0.1, 0.15) is 6.61 Å². The minimum absolute atomic E-state index is 0.129. The highest BCUT2D eigenvalue weighted by atomic mass is 16.5. The fourth-order valence-corrected chi connectivity index (χ4v) is 5.25. The molecule has 0 aromatic heterocycles. The number of hydrogen-bond donors (Lipinski definition) is 1. The maximum atomic E-state index is 13.3. The molecule has 1 unspecified atom stereocenters. The fourth-order valence-electron chi connectivity index (χ4n) is 5.25. The second-order valence-corrected chi connectivity index (χ2v) is 9.67. The summed E-state index contributed by atoms with van der Waals surface area (Å²) in [5.41, 5.74) is 3.01. The van der Waals surface area contributed by atoms with Crippen LogP contribution in [-0.4, -0.2) is 85.7 Å². The number of ether oxygens (including phenoxy) is 7. The lowest BCUT2D eigenvalue weighted by Crippen LogP contribution is -2.43. The van der Waals surface area contributed by atoms with Gasteiger partial charge in [0.15, 0.2) is 23.0 Å². The Morgan fingerprint density at radius 2 is 1.30 bits per heavy atom. The average molecular weight is 595 g/mol. The van der Waals surface area contributed by atoms with Crippen LogP contribution in [0.15, 0.2) is 48.5 Å². The van der Waals surface area contributed by atoms with Crippen molar-refractivity contribution in [3.8, 4) is 34.5 Å². The molecule has 0 aliphatic carbocycles. The summed E-state index contributed by atoms with van der Waals surface area (Å²) in [6, 6.07) is 14.4. The summed E-state index contributed by atoms with van der Waals surface area (Å²) < 4.78 is 37.9. The summed E-state index contributed by atoms with van der Waals surface area (Å²) in [5, 5.41) is 3.06. The Morgan fingerprint density at radius 1 is 0.767 bits per heavy atom. The molecule has 11 heteroatoms. The molecule has 1 heterocycles. The molecule has 43 heavy (non-hydrogen) atoms. The van der Waals surface area contributed by atoms with Crippen molar-refractivity contribution in [2.24, 2.45) is 0 Å². The second kappa shape index (κ2) is 14.5. The first-order valence-corrected chi connectivity index (χ1v) is 13.8. The van der Waals surface area contributed by atoms with Crippen LogP contribution in [0.5, 0.6) is 34.5 Å². The van der Waals surface area contributed by atoms with Gasteiger partial charge in [-0.1, -0.05) is 24.3 Å². The minimum atomic E-state index is -0.510. The number of nitrogens with one attached hydrogen (secondary N) is 1. The number of esters is 1. The predicted molar refractivity (Wildman–Crippen MR) is 159 cm³/mol. The number of carbonyl (C=O) groups is 2. The van der Waals surface area contributed by atoms with E-state index in [0.29, 0.717) is 53.2 Å². The molecule has 230 valence electrons. The molecule has 0 radical (unpaired) electrons. The molecule has 0 saturated carbocycles. The van der Waals surface area contributed by atoms with Crippen LogP contribution in [0.1, 0.15) is 37.9 Å². The van der Waals surface area contributed by atoms with Gasteiger partial charge >= 0.3 is 5.97 Å². The molecule has 1 atom stereocenters. The number of fused-ring (bicyclic) bond motifs is 1. The predicted octanol–water partition coefficient (Wildman–Crippen LogP) is 3.92. The molecular weight excluding hydrogens is 556 g/mol. The van der Waals surface area contributed by atoms with E-state index in [1.807, 2.05) is 12.1 Å². The highest BCUT2D eigenvalue weighted by Crippen LogP contribution is 2.39. The first-order valence-electron chi connectivity index (χ1n) is 13.8. The zero-order valence-corrected chi connectivity index (χ0v) is 25.4. The van der Waals surface area contributed by atoms with Crippen molar-refractivity contribution >= 4 is 11.9 Å². The van der Waals surface area contributed by atoms with E-state index in [0.717, 1.165) is 18.5 Å². The SMILES string of the molecule is COc1cc(C(=O)NCC2c3ccccc3CCN2CCOC(=O)c2cc(OC)c(OC)c(OC)c2)cc(OC)c1OC. The zero-order chi connectivity index (χ0) is 30.9. The Kier molecular flexibility index (Phi) is 10.6. The third kappa shape index (κ3) is 6.89. The molecule has 0 saturated heterocycles. The van der Waals surface area contributed by atoms with E-state index in [4.69, 9.17) is 33.2 Å². The maximum absolute atomic E-state index is 13.3. The van der Waals surface area contributed by atoms with Crippen molar-refractivity contribution in [1.29, 1.82) is 0 Å². The van der Waals surface area contributed by atoms with Gasteiger partial charge in [0.05, 0.1) is 54.3 Å². The van der Waals surface area contributed by atoms with Crippen molar-refractivity contribution < 1.29 is 42.7 Å². The topological polar surface area (TPSA) is 114 Å².